The molecule has 53 heavy (non-hydrogen) atoms. The normalized spacial score (nSPS) is 30.2. The molecule has 8 atom stereocenters. The van der Waals surface area contributed by atoms with Crippen molar-refractivity contribution in [2.45, 2.75) is 91.6 Å². The summed E-state index contributed by atoms with van der Waals surface area (Å²) in [6.45, 7) is 12.5. The summed E-state index contributed by atoms with van der Waals surface area (Å²) in [5.41, 5.74) is -2.98. The molecule has 3 heterocycles. The van der Waals surface area contributed by atoms with E-state index in [0.29, 0.717) is 24.0 Å². The fourth-order valence-electron chi connectivity index (χ4n) is 8.93. The summed E-state index contributed by atoms with van der Waals surface area (Å²) < 4.78 is 31.0. The van der Waals surface area contributed by atoms with Crippen molar-refractivity contribution in [3.05, 3.63) is 82.0 Å². The molecule has 4 unspecified atom stereocenters. The van der Waals surface area contributed by atoms with Crippen LogP contribution in [0.15, 0.2) is 64.1 Å². The van der Waals surface area contributed by atoms with Gasteiger partial charge in [0.25, 0.3) is 0 Å². The lowest BCUT2D eigenvalue weighted by atomic mass is 9.42. The summed E-state index contributed by atoms with van der Waals surface area (Å²) in [5, 5.41) is 21.8. The number of benzene rings is 1. The van der Waals surface area contributed by atoms with Crippen molar-refractivity contribution in [1.82, 2.24) is 4.98 Å². The SMILES string of the molecule is CC(C)C(=O)OCC1(C)C2C[C@H](OC(=O)c3ccc(C#N)cc3)[C@@]3(C)Oc4cc(-c5cccnc5)oc(=O)c4[C@H](O)C3C2(C)CC[C@@H]1OC(=O)C(C)C. The van der Waals surface area contributed by atoms with Crippen molar-refractivity contribution in [2.24, 2.45) is 34.5 Å². The van der Waals surface area contributed by atoms with Crippen molar-refractivity contribution in [2.75, 3.05) is 6.61 Å². The summed E-state index contributed by atoms with van der Waals surface area (Å²) in [7, 11) is 0. The van der Waals surface area contributed by atoms with Crippen LogP contribution in [0.25, 0.3) is 11.3 Å². The Labute approximate surface area is 308 Å². The van der Waals surface area contributed by atoms with Crippen LogP contribution in [0.2, 0.25) is 0 Å². The predicted octanol–water partition coefficient (Wildman–Crippen LogP) is 6.19. The number of carbonyl (C=O) groups excluding carboxylic acids is 3. The topological polar surface area (TPSA) is 175 Å². The van der Waals surface area contributed by atoms with Crippen molar-refractivity contribution in [3.8, 4) is 23.1 Å². The zero-order valence-corrected chi connectivity index (χ0v) is 31.1. The maximum absolute atomic E-state index is 13.9. The van der Waals surface area contributed by atoms with Gasteiger partial charge in [0.2, 0.25) is 0 Å². The number of hydrogen-bond donors (Lipinski definition) is 1. The second-order valence-corrected chi connectivity index (χ2v) is 15.9. The molecule has 3 aliphatic rings. The van der Waals surface area contributed by atoms with Gasteiger partial charge < -0.3 is 28.5 Å². The molecule has 12 heteroatoms. The molecule has 0 amide bonds. The van der Waals surface area contributed by atoms with Gasteiger partial charge in [0, 0.05) is 35.4 Å². The Morgan fingerprint density at radius 2 is 1.72 bits per heavy atom. The number of fused-ring (bicyclic) bond motifs is 4. The number of carbonyl (C=O) groups is 3. The van der Waals surface area contributed by atoms with E-state index in [9.17, 15) is 29.5 Å². The number of rotatable bonds is 8. The lowest BCUT2D eigenvalue weighted by Crippen LogP contribution is -2.71. The molecular weight excluding hydrogens is 680 g/mol. The Morgan fingerprint density at radius 3 is 2.34 bits per heavy atom. The number of aliphatic hydroxyl groups excluding tert-OH is 1. The van der Waals surface area contributed by atoms with Gasteiger partial charge in [0.1, 0.15) is 41.5 Å². The standard InChI is InChI=1S/C41H46N2O10/c1-22(2)35(45)49-21-40(6)29-18-31(52-37(47)25-12-10-24(19-42)11-13-25)41(7)34(39(29,5)15-14-30(40)51-36(46)23(3)4)33(44)32-28(53-41)17-27(50-38(32)48)26-9-8-16-43-20-26/h8-13,16-17,20,22-23,29-31,33-34,44H,14-15,18,21H2,1-7H3/t29?,30-,31-,33-,34?,39?,40?,41+/m0/s1. The molecule has 2 aliphatic carbocycles. The van der Waals surface area contributed by atoms with Gasteiger partial charge in [-0.15, -0.1) is 0 Å². The molecule has 1 aliphatic heterocycles. The van der Waals surface area contributed by atoms with Crippen molar-refractivity contribution in [3.63, 3.8) is 0 Å². The van der Waals surface area contributed by atoms with Crippen LogP contribution < -0.4 is 10.4 Å². The maximum atomic E-state index is 13.9. The molecule has 0 spiro atoms. The quantitative estimate of drug-likeness (QED) is 0.206. The number of pyridine rings is 1. The van der Waals surface area contributed by atoms with Crippen LogP contribution in [0, 0.1) is 45.8 Å². The second kappa shape index (κ2) is 14.1. The van der Waals surface area contributed by atoms with Crippen LogP contribution in [-0.2, 0) is 23.8 Å². The van der Waals surface area contributed by atoms with E-state index in [1.165, 1.54) is 24.3 Å². The molecule has 2 fully saturated rings. The fraction of sp³-hybridized carbons (Fsp3) is 0.512. The van der Waals surface area contributed by atoms with Crippen LogP contribution in [0.5, 0.6) is 5.75 Å². The minimum Gasteiger partial charge on any atom is -0.482 e. The Kier molecular flexibility index (Phi) is 10.0. The summed E-state index contributed by atoms with van der Waals surface area (Å²) >= 11 is 0. The summed E-state index contributed by atoms with van der Waals surface area (Å²) in [5.74, 6) is -3.39. The Hall–Kier alpha value is -5.02. The summed E-state index contributed by atoms with van der Waals surface area (Å²) in [6, 6.07) is 13.1. The van der Waals surface area contributed by atoms with E-state index in [4.69, 9.17) is 23.4 Å². The molecule has 0 saturated heterocycles. The molecule has 0 radical (unpaired) electrons. The van der Waals surface area contributed by atoms with Gasteiger partial charge in [-0.2, -0.15) is 5.26 Å². The Balaban J connectivity index is 1.50. The highest BCUT2D eigenvalue weighted by molar-refractivity contribution is 5.89. The molecule has 2 saturated carbocycles. The zero-order chi connectivity index (χ0) is 38.5. The Bertz CT molecular complexity index is 1990. The van der Waals surface area contributed by atoms with E-state index in [0.717, 1.165) is 0 Å². The van der Waals surface area contributed by atoms with E-state index in [1.807, 2.05) is 19.9 Å². The number of aromatic nitrogens is 1. The van der Waals surface area contributed by atoms with Crippen molar-refractivity contribution >= 4 is 17.9 Å². The third kappa shape index (κ3) is 6.60. The van der Waals surface area contributed by atoms with Crippen molar-refractivity contribution in [1.29, 1.82) is 5.26 Å². The first-order valence-corrected chi connectivity index (χ1v) is 18.1. The molecule has 280 valence electrons. The molecule has 2 aromatic heterocycles. The van der Waals surface area contributed by atoms with Gasteiger partial charge in [-0.3, -0.25) is 14.6 Å². The Morgan fingerprint density at radius 1 is 1.02 bits per heavy atom. The van der Waals surface area contributed by atoms with E-state index < -0.39 is 81.9 Å². The molecule has 12 nitrogen and oxygen atoms in total. The smallest absolute Gasteiger partial charge is 0.345 e. The van der Waals surface area contributed by atoms with Gasteiger partial charge in [-0.1, -0.05) is 41.5 Å². The van der Waals surface area contributed by atoms with E-state index in [1.54, 1.807) is 65.2 Å². The van der Waals surface area contributed by atoms with Gasteiger partial charge in [0.05, 0.1) is 35.1 Å². The van der Waals surface area contributed by atoms with Gasteiger partial charge in [-0.05, 0) is 73.9 Å². The highest BCUT2D eigenvalue weighted by Crippen LogP contribution is 2.67. The van der Waals surface area contributed by atoms with Crippen LogP contribution in [-0.4, -0.2) is 52.4 Å². The van der Waals surface area contributed by atoms with Crippen LogP contribution in [0.1, 0.15) is 95.3 Å². The van der Waals surface area contributed by atoms with Gasteiger partial charge >= 0.3 is 23.5 Å². The summed E-state index contributed by atoms with van der Waals surface area (Å²) in [4.78, 5) is 57.8. The number of aliphatic hydroxyl groups is 1. The highest BCUT2D eigenvalue weighted by Gasteiger charge is 2.71. The van der Waals surface area contributed by atoms with E-state index in [2.05, 4.69) is 4.98 Å². The minimum atomic E-state index is -1.43. The second-order valence-electron chi connectivity index (χ2n) is 15.9. The number of nitrogens with zero attached hydrogens (tertiary/aromatic N) is 2. The average Bonchev–Trinajstić information content (AvgIpc) is 3.12. The number of hydrogen-bond acceptors (Lipinski definition) is 12. The predicted molar refractivity (Wildman–Crippen MR) is 190 cm³/mol. The van der Waals surface area contributed by atoms with Gasteiger partial charge in [0.15, 0.2) is 0 Å². The molecule has 0 bridgehead atoms. The third-order valence-electron chi connectivity index (χ3n) is 11.8. The maximum Gasteiger partial charge on any atom is 0.345 e. The molecular formula is C41H46N2O10. The average molecular weight is 727 g/mol. The first-order chi connectivity index (χ1) is 25.0. The molecule has 1 N–H and O–H groups in total. The van der Waals surface area contributed by atoms with Crippen LogP contribution in [0.4, 0.5) is 0 Å². The minimum absolute atomic E-state index is 0.0551. The zero-order valence-electron chi connectivity index (χ0n) is 31.1. The number of nitriles is 1. The van der Waals surface area contributed by atoms with E-state index >= 15 is 0 Å². The lowest BCUT2D eigenvalue weighted by molar-refractivity contribution is -0.267. The largest absolute Gasteiger partial charge is 0.482 e. The lowest BCUT2D eigenvalue weighted by Gasteiger charge is -2.66. The fourth-order valence-corrected chi connectivity index (χ4v) is 8.93. The molecule has 6 rings (SSSR count). The van der Waals surface area contributed by atoms with Gasteiger partial charge in [-0.25, -0.2) is 9.59 Å². The monoisotopic (exact) mass is 726 g/mol. The van der Waals surface area contributed by atoms with Crippen LogP contribution >= 0.6 is 0 Å². The molecule has 3 aromatic rings. The van der Waals surface area contributed by atoms with E-state index in [-0.39, 0.29) is 35.7 Å². The first kappa shape index (κ1) is 37.7. The van der Waals surface area contributed by atoms with Crippen LogP contribution in [0.3, 0.4) is 0 Å². The number of esters is 3. The highest BCUT2D eigenvalue weighted by atomic mass is 16.6. The first-order valence-electron chi connectivity index (χ1n) is 18.1. The number of ether oxygens (including phenoxy) is 4. The summed E-state index contributed by atoms with van der Waals surface area (Å²) in [6.07, 6.45) is 0.985. The van der Waals surface area contributed by atoms with Crippen molar-refractivity contribution < 1.29 is 42.9 Å². The molecule has 1 aromatic carbocycles. The third-order valence-corrected chi connectivity index (χ3v) is 11.8.